The van der Waals surface area contributed by atoms with E-state index in [1.807, 2.05) is 0 Å². The van der Waals surface area contributed by atoms with Gasteiger partial charge in [-0.2, -0.15) is 4.98 Å². The number of nitrogens with zero attached hydrogens (tertiary/aromatic N) is 2. The average molecular weight is 270 g/mol. The van der Waals surface area contributed by atoms with Crippen LogP contribution in [0.4, 0.5) is 0 Å². The van der Waals surface area contributed by atoms with Gasteiger partial charge >= 0.3 is 12.0 Å². The minimum atomic E-state index is -0.992. The number of carboxylic acids is 1. The lowest BCUT2D eigenvalue weighted by Crippen LogP contribution is -2.03. The lowest BCUT2D eigenvalue weighted by molar-refractivity contribution is 0.0697. The van der Waals surface area contributed by atoms with Crippen LogP contribution in [-0.2, 0) is 0 Å². The molecule has 0 spiro atoms. The van der Waals surface area contributed by atoms with E-state index >= 15 is 0 Å². The van der Waals surface area contributed by atoms with Gasteiger partial charge in [0.2, 0.25) is 0 Å². The number of hydrogen-bond donors (Lipinski definition) is 1. The van der Waals surface area contributed by atoms with Crippen LogP contribution in [0, 0.1) is 0 Å². The molecule has 0 atom stereocenters. The molecule has 2 rings (SSSR count). The van der Waals surface area contributed by atoms with Crippen LogP contribution in [0.1, 0.15) is 16.8 Å². The summed E-state index contributed by atoms with van der Waals surface area (Å²) >= 11 is 0. The summed E-state index contributed by atoms with van der Waals surface area (Å²) in [5, 5.41) is 9.18. The maximum absolute atomic E-state index is 11.2. The Morgan fingerprint density at radius 2 is 2.15 bits per heavy atom. The van der Waals surface area contributed by atoms with E-state index < -0.39 is 5.97 Å². The summed E-state index contributed by atoms with van der Waals surface area (Å²) in [7, 11) is 0. The summed E-state index contributed by atoms with van der Waals surface area (Å²) < 4.78 is 5.37. The van der Waals surface area contributed by atoms with Gasteiger partial charge in [0.05, 0.1) is 17.9 Å². The van der Waals surface area contributed by atoms with Gasteiger partial charge in [0, 0.05) is 11.8 Å². The van der Waals surface area contributed by atoms with Crippen LogP contribution in [0.2, 0.25) is 0 Å². The van der Waals surface area contributed by atoms with Crippen LogP contribution < -0.4 is 4.74 Å². The molecule has 0 aliphatic heterocycles. The van der Waals surface area contributed by atoms with Crippen molar-refractivity contribution in [3.05, 3.63) is 54.7 Å². The number of carbonyl (C=O) groups is 1. The van der Waals surface area contributed by atoms with Gasteiger partial charge in [-0.05, 0) is 18.6 Å². The van der Waals surface area contributed by atoms with Crippen molar-refractivity contribution in [2.75, 3.05) is 6.61 Å². The maximum atomic E-state index is 11.2. The van der Waals surface area contributed by atoms with Gasteiger partial charge in [0.25, 0.3) is 0 Å². The molecule has 0 saturated heterocycles. The standard InChI is InChI=1S/C15H14N2O3/c1-2-3-10-20-15-16-9-8-13(17-15)11-6-4-5-7-12(11)14(18)19/h2,4-9H,1,3,10H2,(H,18,19). The van der Waals surface area contributed by atoms with Crippen LogP contribution in [0.25, 0.3) is 11.3 Å². The molecule has 20 heavy (non-hydrogen) atoms. The van der Waals surface area contributed by atoms with E-state index in [4.69, 9.17) is 4.74 Å². The van der Waals surface area contributed by atoms with Gasteiger partial charge < -0.3 is 9.84 Å². The minimum Gasteiger partial charge on any atom is -0.478 e. The SMILES string of the molecule is C=CCCOc1nccc(-c2ccccc2C(=O)O)n1. The molecule has 5 heteroatoms. The van der Waals surface area contributed by atoms with Crippen LogP contribution in [0.3, 0.4) is 0 Å². The van der Waals surface area contributed by atoms with Gasteiger partial charge in [-0.3, -0.25) is 0 Å². The number of ether oxygens (including phenoxy) is 1. The quantitative estimate of drug-likeness (QED) is 0.645. The zero-order chi connectivity index (χ0) is 14.4. The molecule has 1 aromatic heterocycles. The van der Waals surface area contributed by atoms with Crippen molar-refractivity contribution in [2.24, 2.45) is 0 Å². The van der Waals surface area contributed by atoms with Crippen molar-refractivity contribution >= 4 is 5.97 Å². The molecule has 0 aliphatic carbocycles. The molecular weight excluding hydrogens is 256 g/mol. The van der Waals surface area contributed by atoms with Crippen molar-refractivity contribution in [1.82, 2.24) is 9.97 Å². The van der Waals surface area contributed by atoms with Gasteiger partial charge in [0.1, 0.15) is 0 Å². The van der Waals surface area contributed by atoms with Gasteiger partial charge in [0.15, 0.2) is 0 Å². The largest absolute Gasteiger partial charge is 0.478 e. The van der Waals surface area contributed by atoms with E-state index in [2.05, 4.69) is 16.5 Å². The molecule has 1 N–H and O–H groups in total. The maximum Gasteiger partial charge on any atom is 0.336 e. The second-order valence-corrected chi connectivity index (χ2v) is 4.00. The van der Waals surface area contributed by atoms with Crippen molar-refractivity contribution in [2.45, 2.75) is 6.42 Å². The van der Waals surface area contributed by atoms with Crippen LogP contribution in [0.15, 0.2) is 49.2 Å². The molecular formula is C15H14N2O3. The zero-order valence-corrected chi connectivity index (χ0v) is 10.8. The number of carboxylic acid groups (broad SMARTS) is 1. The third-order valence-corrected chi connectivity index (χ3v) is 2.62. The molecule has 0 unspecified atom stereocenters. The molecule has 0 saturated carbocycles. The highest BCUT2D eigenvalue weighted by Gasteiger charge is 2.12. The Labute approximate surface area is 116 Å². The molecule has 5 nitrogen and oxygen atoms in total. The summed E-state index contributed by atoms with van der Waals surface area (Å²) in [5.41, 5.74) is 1.26. The summed E-state index contributed by atoms with van der Waals surface area (Å²) in [6.07, 6.45) is 3.98. The van der Waals surface area contributed by atoms with E-state index in [-0.39, 0.29) is 11.6 Å². The van der Waals surface area contributed by atoms with Crippen LogP contribution in [-0.4, -0.2) is 27.7 Å². The third-order valence-electron chi connectivity index (χ3n) is 2.62. The van der Waals surface area contributed by atoms with E-state index in [0.717, 1.165) is 0 Å². The fourth-order valence-electron chi connectivity index (χ4n) is 1.69. The highest BCUT2D eigenvalue weighted by atomic mass is 16.5. The predicted molar refractivity (Wildman–Crippen MR) is 74.7 cm³/mol. The lowest BCUT2D eigenvalue weighted by Gasteiger charge is -2.07. The first-order chi connectivity index (χ1) is 9.72. The van der Waals surface area contributed by atoms with Crippen LogP contribution in [0.5, 0.6) is 6.01 Å². The molecule has 0 amide bonds. The van der Waals surface area contributed by atoms with Crippen molar-refractivity contribution in [3.8, 4) is 17.3 Å². The second kappa shape index (κ2) is 6.47. The Morgan fingerprint density at radius 1 is 1.35 bits per heavy atom. The molecule has 0 aliphatic rings. The number of benzene rings is 1. The number of hydrogen-bond acceptors (Lipinski definition) is 4. The monoisotopic (exact) mass is 270 g/mol. The predicted octanol–water partition coefficient (Wildman–Crippen LogP) is 2.80. The van der Waals surface area contributed by atoms with Crippen molar-refractivity contribution in [1.29, 1.82) is 0 Å². The van der Waals surface area contributed by atoms with Crippen molar-refractivity contribution < 1.29 is 14.6 Å². The van der Waals surface area contributed by atoms with Gasteiger partial charge in [-0.25, -0.2) is 9.78 Å². The highest BCUT2D eigenvalue weighted by Crippen LogP contribution is 2.22. The Kier molecular flexibility index (Phi) is 4.44. The first-order valence-corrected chi connectivity index (χ1v) is 6.12. The fraction of sp³-hybridized carbons (Fsp3) is 0.133. The van der Waals surface area contributed by atoms with E-state index in [1.54, 1.807) is 36.5 Å². The smallest absolute Gasteiger partial charge is 0.336 e. The lowest BCUT2D eigenvalue weighted by atomic mass is 10.0. The number of rotatable bonds is 6. The second-order valence-electron chi connectivity index (χ2n) is 4.00. The normalized spacial score (nSPS) is 10.0. The molecule has 0 fully saturated rings. The first-order valence-electron chi connectivity index (χ1n) is 6.12. The molecule has 1 aromatic carbocycles. The Balaban J connectivity index is 2.31. The molecule has 0 bridgehead atoms. The van der Waals surface area contributed by atoms with Crippen molar-refractivity contribution in [3.63, 3.8) is 0 Å². The molecule has 102 valence electrons. The molecule has 2 aromatic rings. The summed E-state index contributed by atoms with van der Waals surface area (Å²) in [4.78, 5) is 19.4. The Morgan fingerprint density at radius 3 is 2.90 bits per heavy atom. The van der Waals surface area contributed by atoms with E-state index in [0.29, 0.717) is 24.3 Å². The summed E-state index contributed by atoms with van der Waals surface area (Å²) in [6.45, 7) is 4.04. The van der Waals surface area contributed by atoms with E-state index in [9.17, 15) is 9.90 Å². The fourth-order valence-corrected chi connectivity index (χ4v) is 1.69. The highest BCUT2D eigenvalue weighted by molar-refractivity contribution is 5.95. The van der Waals surface area contributed by atoms with Gasteiger partial charge in [-0.1, -0.05) is 24.3 Å². The molecule has 1 heterocycles. The summed E-state index contributed by atoms with van der Waals surface area (Å²) in [5.74, 6) is -0.992. The molecule has 0 radical (unpaired) electrons. The zero-order valence-electron chi connectivity index (χ0n) is 10.8. The van der Waals surface area contributed by atoms with Gasteiger partial charge in [-0.15, -0.1) is 6.58 Å². The van der Waals surface area contributed by atoms with E-state index in [1.165, 1.54) is 6.07 Å². The summed E-state index contributed by atoms with van der Waals surface area (Å²) in [6, 6.07) is 8.57. The minimum absolute atomic E-state index is 0.197. The average Bonchev–Trinajstić information content (AvgIpc) is 2.48. The van der Waals surface area contributed by atoms with Crippen LogP contribution >= 0.6 is 0 Å². The first kappa shape index (κ1) is 13.7. The third kappa shape index (κ3) is 3.20. The Hall–Kier alpha value is -2.69. The Bertz CT molecular complexity index is 626. The number of aromatic nitrogens is 2. The number of aromatic carboxylic acids is 1. The topological polar surface area (TPSA) is 72.3 Å².